The fourth-order valence-corrected chi connectivity index (χ4v) is 1.95. The van der Waals surface area contributed by atoms with E-state index in [0.29, 0.717) is 23.3 Å². The van der Waals surface area contributed by atoms with Crippen LogP contribution in [0.2, 0.25) is 0 Å². The summed E-state index contributed by atoms with van der Waals surface area (Å²) in [5.41, 5.74) is 6.71. The lowest BCUT2D eigenvalue weighted by Gasteiger charge is -2.12. The van der Waals surface area contributed by atoms with Crippen molar-refractivity contribution in [1.82, 2.24) is 15.1 Å². The maximum atomic E-state index is 6.05. The van der Waals surface area contributed by atoms with Gasteiger partial charge in [-0.25, -0.2) is 0 Å². The molecule has 0 saturated heterocycles. The lowest BCUT2D eigenvalue weighted by Crippen LogP contribution is -2.18. The van der Waals surface area contributed by atoms with Crippen molar-refractivity contribution in [3.8, 4) is 11.5 Å². The second-order valence-corrected chi connectivity index (χ2v) is 5.06. The first-order chi connectivity index (χ1) is 8.63. The van der Waals surface area contributed by atoms with Crippen LogP contribution in [0, 0.1) is 5.92 Å². The van der Waals surface area contributed by atoms with Crippen LogP contribution in [0.4, 0.5) is 0 Å². The van der Waals surface area contributed by atoms with E-state index in [1.807, 2.05) is 12.1 Å². The first-order valence-corrected chi connectivity index (χ1v) is 6.62. The molecule has 2 N–H and O–H groups in total. The average molecular weight is 311 g/mol. The van der Waals surface area contributed by atoms with Gasteiger partial charge in [0.15, 0.2) is 0 Å². The van der Waals surface area contributed by atoms with E-state index in [-0.39, 0.29) is 6.04 Å². The van der Waals surface area contributed by atoms with Gasteiger partial charge in [-0.3, -0.25) is 4.98 Å². The van der Waals surface area contributed by atoms with Gasteiger partial charge in [-0.15, -0.1) is 0 Å². The molecule has 2 rings (SSSR count). The van der Waals surface area contributed by atoms with Crippen molar-refractivity contribution >= 4 is 15.9 Å². The molecule has 0 radical (unpaired) electrons. The lowest BCUT2D eigenvalue weighted by molar-refractivity contribution is 0.312. The third kappa shape index (κ3) is 2.59. The Morgan fingerprint density at radius 2 is 2.28 bits per heavy atom. The number of pyridine rings is 1. The maximum Gasteiger partial charge on any atom is 0.244 e. The third-order valence-electron chi connectivity index (χ3n) is 2.95. The molecule has 0 bridgehead atoms. The molecule has 18 heavy (non-hydrogen) atoms. The molecule has 5 nitrogen and oxygen atoms in total. The summed E-state index contributed by atoms with van der Waals surface area (Å²) >= 11 is 3.41. The van der Waals surface area contributed by atoms with Crippen molar-refractivity contribution in [3.63, 3.8) is 0 Å². The summed E-state index contributed by atoms with van der Waals surface area (Å²) in [7, 11) is 0. The number of rotatable bonds is 4. The molecule has 96 valence electrons. The number of aromatic nitrogens is 3. The molecule has 0 aliphatic heterocycles. The van der Waals surface area contributed by atoms with E-state index in [4.69, 9.17) is 10.3 Å². The summed E-state index contributed by atoms with van der Waals surface area (Å²) < 4.78 is 6.04. The molecule has 6 heteroatoms. The van der Waals surface area contributed by atoms with Crippen molar-refractivity contribution < 1.29 is 4.52 Å². The van der Waals surface area contributed by atoms with Gasteiger partial charge in [-0.05, 0) is 34.0 Å². The van der Waals surface area contributed by atoms with Crippen LogP contribution in [0.1, 0.15) is 32.2 Å². The number of nitrogens with zero attached hydrogens (tertiary/aromatic N) is 3. The molecule has 2 aromatic rings. The Morgan fingerprint density at radius 3 is 2.94 bits per heavy atom. The van der Waals surface area contributed by atoms with E-state index < -0.39 is 0 Å². The fourth-order valence-electron chi connectivity index (χ4n) is 1.51. The molecular formula is C12H15BrN4O. The van der Waals surface area contributed by atoms with Gasteiger partial charge in [0.2, 0.25) is 11.7 Å². The monoisotopic (exact) mass is 310 g/mol. The van der Waals surface area contributed by atoms with Crippen LogP contribution in [0.15, 0.2) is 27.3 Å². The minimum atomic E-state index is -0.237. The highest BCUT2D eigenvalue weighted by Gasteiger charge is 2.21. The van der Waals surface area contributed by atoms with Crippen LogP contribution in [0.5, 0.6) is 0 Å². The molecule has 0 aromatic carbocycles. The quantitative estimate of drug-likeness (QED) is 0.939. The molecule has 0 aliphatic rings. The van der Waals surface area contributed by atoms with Crippen molar-refractivity contribution in [2.75, 3.05) is 0 Å². The summed E-state index contributed by atoms with van der Waals surface area (Å²) in [5.74, 6) is 1.21. The zero-order chi connectivity index (χ0) is 13.1. The van der Waals surface area contributed by atoms with E-state index in [1.54, 1.807) is 6.20 Å². The third-order valence-corrected chi connectivity index (χ3v) is 3.59. The van der Waals surface area contributed by atoms with Crippen molar-refractivity contribution in [1.29, 1.82) is 0 Å². The molecule has 2 aromatic heterocycles. The SMILES string of the molecule is CCC(C)[C@H](N)c1nc(-c2ncccc2Br)no1. The van der Waals surface area contributed by atoms with Crippen LogP contribution in [-0.4, -0.2) is 15.1 Å². The number of hydrogen-bond donors (Lipinski definition) is 1. The molecule has 2 atom stereocenters. The summed E-state index contributed by atoms with van der Waals surface area (Å²) in [6.45, 7) is 4.14. The van der Waals surface area contributed by atoms with Gasteiger partial charge in [-0.2, -0.15) is 4.98 Å². The molecule has 2 heterocycles. The van der Waals surface area contributed by atoms with Crippen LogP contribution in [0.3, 0.4) is 0 Å². The minimum absolute atomic E-state index is 0.237. The Labute approximate surface area is 114 Å². The van der Waals surface area contributed by atoms with E-state index in [2.05, 4.69) is 44.9 Å². The fraction of sp³-hybridized carbons (Fsp3) is 0.417. The van der Waals surface area contributed by atoms with Gasteiger partial charge in [0.1, 0.15) is 5.69 Å². The number of nitrogens with two attached hydrogens (primary N) is 1. The molecule has 0 fully saturated rings. The van der Waals surface area contributed by atoms with Crippen LogP contribution in [0.25, 0.3) is 11.5 Å². The van der Waals surface area contributed by atoms with E-state index in [9.17, 15) is 0 Å². The lowest BCUT2D eigenvalue weighted by atomic mass is 10.0. The van der Waals surface area contributed by atoms with Crippen LogP contribution >= 0.6 is 15.9 Å². The van der Waals surface area contributed by atoms with Gasteiger partial charge in [-0.1, -0.05) is 25.4 Å². The topological polar surface area (TPSA) is 77.8 Å². The highest BCUT2D eigenvalue weighted by Crippen LogP contribution is 2.26. The largest absolute Gasteiger partial charge is 0.337 e. The van der Waals surface area contributed by atoms with Crippen molar-refractivity contribution in [2.45, 2.75) is 26.3 Å². The maximum absolute atomic E-state index is 6.05. The summed E-state index contributed by atoms with van der Waals surface area (Å²) in [4.78, 5) is 8.53. The Morgan fingerprint density at radius 1 is 1.50 bits per heavy atom. The first-order valence-electron chi connectivity index (χ1n) is 5.83. The minimum Gasteiger partial charge on any atom is -0.337 e. The molecule has 0 spiro atoms. The Hall–Kier alpha value is -1.27. The molecule has 0 saturated carbocycles. The zero-order valence-electron chi connectivity index (χ0n) is 10.3. The molecule has 0 amide bonds. The molecular weight excluding hydrogens is 296 g/mol. The van der Waals surface area contributed by atoms with Gasteiger partial charge < -0.3 is 10.3 Å². The number of hydrogen-bond acceptors (Lipinski definition) is 5. The van der Waals surface area contributed by atoms with E-state index >= 15 is 0 Å². The molecule has 0 aliphatic carbocycles. The second kappa shape index (κ2) is 5.58. The highest BCUT2D eigenvalue weighted by molar-refractivity contribution is 9.10. The molecule has 1 unspecified atom stereocenters. The summed E-state index contributed by atoms with van der Waals surface area (Å²) in [5, 5.41) is 3.93. The average Bonchev–Trinajstić information content (AvgIpc) is 2.87. The van der Waals surface area contributed by atoms with Gasteiger partial charge in [0.05, 0.1) is 6.04 Å². The Kier molecular flexibility index (Phi) is 4.08. The zero-order valence-corrected chi connectivity index (χ0v) is 11.9. The predicted molar refractivity (Wildman–Crippen MR) is 71.6 cm³/mol. The van der Waals surface area contributed by atoms with Gasteiger partial charge in [0, 0.05) is 10.7 Å². The van der Waals surface area contributed by atoms with E-state index in [1.165, 1.54) is 0 Å². The second-order valence-electron chi connectivity index (χ2n) is 4.20. The smallest absolute Gasteiger partial charge is 0.244 e. The standard InChI is InChI=1S/C12H15BrN4O/c1-3-7(2)9(14)12-16-11(17-18-12)10-8(13)5-4-6-15-10/h4-7,9H,3,14H2,1-2H3/t7?,9-/m0/s1. The van der Waals surface area contributed by atoms with E-state index in [0.717, 1.165) is 10.9 Å². The van der Waals surface area contributed by atoms with Gasteiger partial charge in [0.25, 0.3) is 0 Å². The van der Waals surface area contributed by atoms with Crippen LogP contribution in [-0.2, 0) is 0 Å². The van der Waals surface area contributed by atoms with Crippen molar-refractivity contribution in [2.24, 2.45) is 11.7 Å². The first kappa shape index (κ1) is 13.2. The van der Waals surface area contributed by atoms with Gasteiger partial charge >= 0.3 is 0 Å². The summed E-state index contributed by atoms with van der Waals surface area (Å²) in [6.07, 6.45) is 2.65. The predicted octanol–water partition coefficient (Wildman–Crippen LogP) is 2.94. The highest BCUT2D eigenvalue weighted by atomic mass is 79.9. The summed E-state index contributed by atoms with van der Waals surface area (Å²) in [6, 6.07) is 3.48. The van der Waals surface area contributed by atoms with Crippen LogP contribution < -0.4 is 5.73 Å². The number of halogens is 1. The van der Waals surface area contributed by atoms with Crippen molar-refractivity contribution in [3.05, 3.63) is 28.7 Å². The Bertz CT molecular complexity index is 528. The Balaban J connectivity index is 2.29. The normalized spacial score (nSPS) is 14.4.